The Kier molecular flexibility index (Phi) is 4.18. The minimum absolute atomic E-state index is 0. The lowest BCUT2D eigenvalue weighted by Crippen LogP contribution is -2.19. The number of rotatable bonds is 3. The van der Waals surface area contributed by atoms with Crippen LogP contribution in [0.1, 0.15) is 34.7 Å². The van der Waals surface area contributed by atoms with E-state index >= 15 is 0 Å². The Morgan fingerprint density at radius 2 is 1.86 bits per heavy atom. The Bertz CT molecular complexity index is 639. The van der Waals surface area contributed by atoms with E-state index in [2.05, 4.69) is 53.1 Å². The summed E-state index contributed by atoms with van der Waals surface area (Å²) in [5.74, 6) is 0. The van der Waals surface area contributed by atoms with E-state index < -0.39 is 0 Å². The second kappa shape index (κ2) is 6.08. The molecule has 0 radical (unpaired) electrons. The molecule has 0 aromatic heterocycles. The molecule has 4 rings (SSSR count). The Balaban J connectivity index is 0.00000132. The van der Waals surface area contributed by atoms with E-state index in [1.54, 1.807) is 0 Å². The third-order valence-electron chi connectivity index (χ3n) is 4.60. The Morgan fingerprint density at radius 1 is 1.00 bits per heavy atom. The molecule has 2 aromatic rings. The maximum absolute atomic E-state index is 3.74. The average Bonchev–Trinajstić information content (AvgIpc) is 3.12. The number of anilines is 1. The minimum atomic E-state index is 0. The van der Waals surface area contributed by atoms with Crippen molar-refractivity contribution in [2.24, 2.45) is 0 Å². The number of halogens is 1. The van der Waals surface area contributed by atoms with Crippen molar-refractivity contribution in [3.05, 3.63) is 64.7 Å². The zero-order chi connectivity index (χ0) is 13.4. The molecule has 0 amide bonds. The Hall–Kier alpha value is -1.51. The summed E-state index contributed by atoms with van der Waals surface area (Å²) in [7, 11) is 0. The molecule has 21 heavy (non-hydrogen) atoms. The van der Waals surface area contributed by atoms with Crippen LogP contribution in [0.25, 0.3) is 0 Å². The fourth-order valence-corrected chi connectivity index (χ4v) is 3.56. The second-order valence-corrected chi connectivity index (χ2v) is 5.80. The monoisotopic (exact) mass is 300 g/mol. The lowest BCUT2D eigenvalue weighted by Gasteiger charge is -2.16. The van der Waals surface area contributed by atoms with Crippen molar-refractivity contribution in [1.29, 1.82) is 0 Å². The highest BCUT2D eigenvalue weighted by Crippen LogP contribution is 2.32. The molecule has 0 bridgehead atoms. The minimum Gasteiger partial charge on any atom is -0.384 e. The van der Waals surface area contributed by atoms with Gasteiger partial charge in [-0.3, -0.25) is 0 Å². The third kappa shape index (κ3) is 2.66. The van der Waals surface area contributed by atoms with E-state index in [-0.39, 0.29) is 12.4 Å². The number of para-hydroxylation sites is 1. The zero-order valence-corrected chi connectivity index (χ0v) is 12.9. The summed E-state index contributed by atoms with van der Waals surface area (Å²) in [5.41, 5.74) is 7.25. The van der Waals surface area contributed by atoms with Crippen molar-refractivity contribution in [3.63, 3.8) is 0 Å². The zero-order valence-electron chi connectivity index (χ0n) is 12.1. The van der Waals surface area contributed by atoms with Gasteiger partial charge in [-0.1, -0.05) is 42.5 Å². The van der Waals surface area contributed by atoms with Gasteiger partial charge in [0.2, 0.25) is 0 Å². The topological polar surface area (TPSA) is 24.1 Å². The summed E-state index contributed by atoms with van der Waals surface area (Å²) in [6.07, 6.45) is 3.59. The molecular formula is C18H21ClN2. The highest BCUT2D eigenvalue weighted by atomic mass is 35.5. The summed E-state index contributed by atoms with van der Waals surface area (Å²) in [4.78, 5) is 0. The van der Waals surface area contributed by atoms with E-state index in [0.717, 1.165) is 19.5 Å². The molecule has 1 atom stereocenters. The standard InChI is InChI=1S/C18H20N2.ClH/c1-2-7-16-13(4-1)8-9-17(16)20-12-15-6-3-5-14-10-11-19-18(14)15;/h1-7,17,19-20H,8-12H2;1H. The van der Waals surface area contributed by atoms with E-state index in [1.807, 2.05) is 0 Å². The molecule has 110 valence electrons. The molecule has 0 saturated heterocycles. The maximum atomic E-state index is 3.74. The van der Waals surface area contributed by atoms with E-state index in [1.165, 1.54) is 40.8 Å². The van der Waals surface area contributed by atoms with Gasteiger partial charge < -0.3 is 10.6 Å². The van der Waals surface area contributed by atoms with Crippen molar-refractivity contribution < 1.29 is 0 Å². The number of aryl methyl sites for hydroxylation is 1. The molecule has 1 aliphatic carbocycles. The molecule has 3 heteroatoms. The fourth-order valence-electron chi connectivity index (χ4n) is 3.56. The number of benzene rings is 2. The van der Waals surface area contributed by atoms with Crippen LogP contribution in [0.15, 0.2) is 42.5 Å². The van der Waals surface area contributed by atoms with Crippen LogP contribution < -0.4 is 10.6 Å². The van der Waals surface area contributed by atoms with Crippen LogP contribution in [0.5, 0.6) is 0 Å². The summed E-state index contributed by atoms with van der Waals surface area (Å²) in [6.45, 7) is 2.04. The number of fused-ring (bicyclic) bond motifs is 2. The van der Waals surface area contributed by atoms with E-state index in [9.17, 15) is 0 Å². The molecular weight excluding hydrogens is 280 g/mol. The van der Waals surface area contributed by atoms with Gasteiger partial charge in [0.05, 0.1) is 0 Å². The quantitative estimate of drug-likeness (QED) is 0.899. The lowest BCUT2D eigenvalue weighted by molar-refractivity contribution is 0.531. The van der Waals surface area contributed by atoms with Crippen molar-refractivity contribution >= 4 is 18.1 Å². The van der Waals surface area contributed by atoms with Gasteiger partial charge in [0, 0.05) is 24.8 Å². The van der Waals surface area contributed by atoms with Crippen LogP contribution in [0.3, 0.4) is 0 Å². The first-order valence-corrected chi connectivity index (χ1v) is 7.57. The van der Waals surface area contributed by atoms with Gasteiger partial charge in [-0.05, 0) is 41.5 Å². The molecule has 0 spiro atoms. The fraction of sp³-hybridized carbons (Fsp3) is 0.333. The van der Waals surface area contributed by atoms with E-state index in [4.69, 9.17) is 0 Å². The Morgan fingerprint density at radius 3 is 2.81 bits per heavy atom. The first-order valence-electron chi connectivity index (χ1n) is 7.57. The number of hydrogen-bond donors (Lipinski definition) is 2. The van der Waals surface area contributed by atoms with Crippen molar-refractivity contribution in [2.45, 2.75) is 31.8 Å². The van der Waals surface area contributed by atoms with Crippen molar-refractivity contribution in [3.8, 4) is 0 Å². The van der Waals surface area contributed by atoms with Gasteiger partial charge in [-0.15, -0.1) is 12.4 Å². The molecule has 2 aliphatic rings. The van der Waals surface area contributed by atoms with Crippen LogP contribution in [-0.2, 0) is 19.4 Å². The third-order valence-corrected chi connectivity index (χ3v) is 4.60. The van der Waals surface area contributed by atoms with Crippen molar-refractivity contribution in [1.82, 2.24) is 5.32 Å². The van der Waals surface area contributed by atoms with E-state index in [0.29, 0.717) is 6.04 Å². The van der Waals surface area contributed by atoms with Gasteiger partial charge in [0.1, 0.15) is 0 Å². The number of hydrogen-bond acceptors (Lipinski definition) is 2. The SMILES string of the molecule is Cl.c1ccc2c(c1)CCC2NCc1cccc2c1NCC2. The van der Waals surface area contributed by atoms with Gasteiger partial charge in [0.15, 0.2) is 0 Å². The summed E-state index contributed by atoms with van der Waals surface area (Å²) in [5, 5.41) is 7.27. The predicted molar refractivity (Wildman–Crippen MR) is 90.2 cm³/mol. The van der Waals surface area contributed by atoms with Crippen LogP contribution in [0, 0.1) is 0 Å². The molecule has 0 fully saturated rings. The lowest BCUT2D eigenvalue weighted by atomic mass is 10.1. The normalized spacial score (nSPS) is 18.6. The second-order valence-electron chi connectivity index (χ2n) is 5.80. The summed E-state index contributed by atoms with van der Waals surface area (Å²) >= 11 is 0. The van der Waals surface area contributed by atoms with Crippen LogP contribution in [0.2, 0.25) is 0 Å². The first kappa shape index (κ1) is 14.4. The average molecular weight is 301 g/mol. The molecule has 1 aliphatic heterocycles. The summed E-state index contributed by atoms with van der Waals surface area (Å²) in [6, 6.07) is 16.0. The highest BCUT2D eigenvalue weighted by Gasteiger charge is 2.22. The number of nitrogens with one attached hydrogen (secondary N) is 2. The van der Waals surface area contributed by atoms with Gasteiger partial charge in [0.25, 0.3) is 0 Å². The van der Waals surface area contributed by atoms with Crippen LogP contribution >= 0.6 is 12.4 Å². The first-order chi connectivity index (χ1) is 9.92. The summed E-state index contributed by atoms with van der Waals surface area (Å²) < 4.78 is 0. The molecule has 0 saturated carbocycles. The largest absolute Gasteiger partial charge is 0.384 e. The molecule has 1 unspecified atom stereocenters. The smallest absolute Gasteiger partial charge is 0.0419 e. The van der Waals surface area contributed by atoms with Crippen LogP contribution in [0.4, 0.5) is 5.69 Å². The molecule has 1 heterocycles. The van der Waals surface area contributed by atoms with Gasteiger partial charge >= 0.3 is 0 Å². The Labute approximate surface area is 132 Å². The molecule has 2 nitrogen and oxygen atoms in total. The van der Waals surface area contributed by atoms with Crippen molar-refractivity contribution in [2.75, 3.05) is 11.9 Å². The van der Waals surface area contributed by atoms with Gasteiger partial charge in [-0.2, -0.15) is 0 Å². The molecule has 2 N–H and O–H groups in total. The van der Waals surface area contributed by atoms with Gasteiger partial charge in [-0.25, -0.2) is 0 Å². The van der Waals surface area contributed by atoms with Crippen LogP contribution in [-0.4, -0.2) is 6.54 Å². The predicted octanol–water partition coefficient (Wildman–Crippen LogP) is 3.85. The molecule has 2 aromatic carbocycles. The highest BCUT2D eigenvalue weighted by molar-refractivity contribution is 5.85. The maximum Gasteiger partial charge on any atom is 0.0419 e.